The number of rotatable bonds is 2. The van der Waals surface area contributed by atoms with Gasteiger partial charge >= 0.3 is 0 Å². The van der Waals surface area contributed by atoms with Gasteiger partial charge in [-0.05, 0) is 35.5 Å². The number of hydrogen-bond donors (Lipinski definition) is 0. The lowest BCUT2D eigenvalue weighted by molar-refractivity contribution is 0.701. The van der Waals surface area contributed by atoms with Gasteiger partial charge in [0.1, 0.15) is 0 Å². The molecule has 0 saturated carbocycles. The molecule has 0 unspecified atom stereocenters. The van der Waals surface area contributed by atoms with E-state index in [1.54, 1.807) is 36.5 Å². The van der Waals surface area contributed by atoms with Crippen LogP contribution >= 0.6 is 11.6 Å². The second-order valence-corrected chi connectivity index (χ2v) is 4.37. The zero-order valence-electron chi connectivity index (χ0n) is 10.1. The van der Waals surface area contributed by atoms with Crippen LogP contribution in [0.4, 0.5) is 0 Å². The van der Waals surface area contributed by atoms with Crippen molar-refractivity contribution in [2.75, 3.05) is 0 Å². The molecule has 0 amide bonds. The minimum absolute atomic E-state index is 0.384. The normalized spacial score (nSPS) is 10.2. The maximum Gasteiger partial charge on any atom is 0.205 e. The van der Waals surface area contributed by atoms with Crippen LogP contribution in [0.2, 0.25) is 5.02 Å². The molecule has 7 heteroatoms. The Kier molecular flexibility index (Phi) is 3.11. The van der Waals surface area contributed by atoms with Crippen LogP contribution in [0.3, 0.4) is 0 Å². The average molecular weight is 283 g/mol. The molecule has 96 valence electrons. The predicted molar refractivity (Wildman–Crippen MR) is 72.1 cm³/mol. The standard InChI is InChI=1S/C13H7ClN6/c14-11-6-9(8-15)5-10(7-11)13-17-19-20(18-13)12-3-1-2-4-16-12/h1-7H. The van der Waals surface area contributed by atoms with E-state index in [9.17, 15) is 0 Å². The van der Waals surface area contributed by atoms with Crippen LogP contribution < -0.4 is 0 Å². The number of hydrogen-bond acceptors (Lipinski definition) is 5. The predicted octanol–water partition coefficient (Wildman–Crippen LogP) is 2.25. The van der Waals surface area contributed by atoms with E-state index >= 15 is 0 Å². The summed E-state index contributed by atoms with van der Waals surface area (Å²) in [6, 6.07) is 12.4. The minimum atomic E-state index is 0.384. The van der Waals surface area contributed by atoms with E-state index in [-0.39, 0.29) is 0 Å². The highest BCUT2D eigenvalue weighted by Gasteiger charge is 2.09. The van der Waals surface area contributed by atoms with Gasteiger partial charge in [-0.3, -0.25) is 0 Å². The number of nitriles is 1. The number of aromatic nitrogens is 5. The summed E-state index contributed by atoms with van der Waals surface area (Å²) in [6.45, 7) is 0. The molecule has 1 aromatic carbocycles. The van der Waals surface area contributed by atoms with Crippen molar-refractivity contribution in [3.05, 3.63) is 53.2 Å². The van der Waals surface area contributed by atoms with Crippen molar-refractivity contribution in [3.63, 3.8) is 0 Å². The van der Waals surface area contributed by atoms with Gasteiger partial charge in [0.15, 0.2) is 5.82 Å². The summed E-state index contributed by atoms with van der Waals surface area (Å²) in [6.07, 6.45) is 1.64. The Hall–Kier alpha value is -2.78. The molecule has 0 atom stereocenters. The third-order valence-electron chi connectivity index (χ3n) is 2.55. The monoisotopic (exact) mass is 282 g/mol. The van der Waals surface area contributed by atoms with E-state index in [0.717, 1.165) is 0 Å². The first kappa shape index (κ1) is 12.3. The van der Waals surface area contributed by atoms with Crippen molar-refractivity contribution in [1.82, 2.24) is 25.2 Å². The summed E-state index contributed by atoms with van der Waals surface area (Å²) in [4.78, 5) is 5.45. The first-order valence-electron chi connectivity index (χ1n) is 5.69. The Balaban J connectivity index is 2.03. The number of tetrazole rings is 1. The van der Waals surface area contributed by atoms with E-state index in [1.165, 1.54) is 4.80 Å². The molecule has 0 aliphatic rings. The van der Waals surface area contributed by atoms with E-state index in [4.69, 9.17) is 16.9 Å². The third-order valence-corrected chi connectivity index (χ3v) is 2.77. The molecular weight excluding hydrogens is 276 g/mol. The largest absolute Gasteiger partial charge is 0.236 e. The maximum atomic E-state index is 8.94. The fourth-order valence-corrected chi connectivity index (χ4v) is 1.92. The zero-order chi connectivity index (χ0) is 13.9. The highest BCUT2D eigenvalue weighted by Crippen LogP contribution is 2.21. The molecule has 20 heavy (non-hydrogen) atoms. The van der Waals surface area contributed by atoms with Crippen molar-refractivity contribution >= 4 is 11.6 Å². The third kappa shape index (κ3) is 2.35. The van der Waals surface area contributed by atoms with Gasteiger partial charge in [-0.25, -0.2) is 4.98 Å². The van der Waals surface area contributed by atoms with Crippen molar-refractivity contribution in [1.29, 1.82) is 5.26 Å². The van der Waals surface area contributed by atoms with Gasteiger partial charge < -0.3 is 0 Å². The molecule has 0 saturated heterocycles. The summed E-state index contributed by atoms with van der Waals surface area (Å²) in [5, 5.41) is 21.5. The fraction of sp³-hybridized carbons (Fsp3) is 0. The van der Waals surface area contributed by atoms with Crippen molar-refractivity contribution in [2.45, 2.75) is 0 Å². The van der Waals surface area contributed by atoms with E-state index < -0.39 is 0 Å². The van der Waals surface area contributed by atoms with Crippen molar-refractivity contribution in [2.24, 2.45) is 0 Å². The molecule has 2 aromatic heterocycles. The van der Waals surface area contributed by atoms with Crippen molar-refractivity contribution in [3.8, 4) is 23.3 Å². The smallest absolute Gasteiger partial charge is 0.205 e. The minimum Gasteiger partial charge on any atom is -0.236 e. The second kappa shape index (κ2) is 5.07. The number of pyridine rings is 1. The molecule has 6 nitrogen and oxygen atoms in total. The lowest BCUT2D eigenvalue weighted by Crippen LogP contribution is -2.00. The average Bonchev–Trinajstić information content (AvgIpc) is 2.97. The van der Waals surface area contributed by atoms with Crippen LogP contribution in [0.5, 0.6) is 0 Å². The van der Waals surface area contributed by atoms with Crippen LogP contribution in [0.25, 0.3) is 17.2 Å². The van der Waals surface area contributed by atoms with Gasteiger partial charge in [0, 0.05) is 16.8 Å². The van der Waals surface area contributed by atoms with Crippen LogP contribution in [0.1, 0.15) is 5.56 Å². The highest BCUT2D eigenvalue weighted by atomic mass is 35.5. The van der Waals surface area contributed by atoms with Crippen LogP contribution in [0, 0.1) is 11.3 Å². The van der Waals surface area contributed by atoms with Crippen LogP contribution in [0.15, 0.2) is 42.6 Å². The fourth-order valence-electron chi connectivity index (χ4n) is 1.68. The first-order valence-corrected chi connectivity index (χ1v) is 6.06. The van der Waals surface area contributed by atoms with Crippen molar-refractivity contribution < 1.29 is 0 Å². The number of nitrogens with zero attached hydrogens (tertiary/aromatic N) is 6. The topological polar surface area (TPSA) is 80.3 Å². The van der Waals surface area contributed by atoms with Gasteiger partial charge in [0.05, 0.1) is 11.6 Å². The Morgan fingerprint density at radius 2 is 2.10 bits per heavy atom. The quantitative estimate of drug-likeness (QED) is 0.720. The summed E-state index contributed by atoms with van der Waals surface area (Å²) in [5.41, 5.74) is 1.08. The number of halogens is 1. The molecular formula is C13H7ClN6. The number of benzene rings is 1. The summed E-state index contributed by atoms with van der Waals surface area (Å²) >= 11 is 5.96. The Labute approximate surface area is 119 Å². The molecule has 0 radical (unpaired) electrons. The SMILES string of the molecule is N#Cc1cc(Cl)cc(-c2nnn(-c3ccccn3)n2)c1. The Morgan fingerprint density at radius 1 is 1.20 bits per heavy atom. The van der Waals surface area contributed by atoms with Crippen LogP contribution in [-0.4, -0.2) is 25.2 Å². The molecule has 3 aromatic rings. The zero-order valence-corrected chi connectivity index (χ0v) is 10.9. The molecule has 0 fully saturated rings. The van der Waals surface area contributed by atoms with E-state index in [0.29, 0.717) is 27.8 Å². The molecule has 3 rings (SSSR count). The Morgan fingerprint density at radius 3 is 2.85 bits per heavy atom. The summed E-state index contributed by atoms with van der Waals surface area (Å²) < 4.78 is 0. The van der Waals surface area contributed by atoms with E-state index in [1.807, 2.05) is 12.1 Å². The highest BCUT2D eigenvalue weighted by molar-refractivity contribution is 6.31. The Bertz CT molecular complexity index is 790. The maximum absolute atomic E-state index is 8.94. The lowest BCUT2D eigenvalue weighted by atomic mass is 10.1. The summed E-state index contributed by atoms with van der Waals surface area (Å²) in [5.74, 6) is 0.948. The first-order chi connectivity index (χ1) is 9.76. The van der Waals surface area contributed by atoms with Gasteiger partial charge in [0.2, 0.25) is 5.82 Å². The molecule has 0 bridgehead atoms. The molecule has 0 N–H and O–H groups in total. The molecule has 0 spiro atoms. The van der Waals surface area contributed by atoms with Gasteiger partial charge in [0.25, 0.3) is 0 Å². The van der Waals surface area contributed by atoms with Gasteiger partial charge in [-0.1, -0.05) is 17.7 Å². The molecule has 2 heterocycles. The van der Waals surface area contributed by atoms with Gasteiger partial charge in [-0.2, -0.15) is 5.26 Å². The van der Waals surface area contributed by atoms with Crippen LogP contribution in [-0.2, 0) is 0 Å². The molecule has 0 aliphatic carbocycles. The van der Waals surface area contributed by atoms with Gasteiger partial charge in [-0.15, -0.1) is 15.0 Å². The molecule has 0 aliphatic heterocycles. The lowest BCUT2D eigenvalue weighted by Gasteiger charge is -1.97. The summed E-state index contributed by atoms with van der Waals surface area (Å²) in [7, 11) is 0. The second-order valence-electron chi connectivity index (χ2n) is 3.93. The van der Waals surface area contributed by atoms with E-state index in [2.05, 4.69) is 20.4 Å².